The van der Waals surface area contributed by atoms with E-state index in [2.05, 4.69) is 11.9 Å². The van der Waals surface area contributed by atoms with E-state index in [0.717, 1.165) is 44.1 Å². The highest BCUT2D eigenvalue weighted by Crippen LogP contribution is 2.47. The Morgan fingerprint density at radius 3 is 2.60 bits per heavy atom. The third-order valence-electron chi connectivity index (χ3n) is 5.96. The molecule has 3 heteroatoms. The van der Waals surface area contributed by atoms with Crippen molar-refractivity contribution in [3.63, 3.8) is 0 Å². The Balaban J connectivity index is 1.47. The molecule has 3 rings (SSSR count). The van der Waals surface area contributed by atoms with Crippen molar-refractivity contribution in [2.24, 2.45) is 23.5 Å². The van der Waals surface area contributed by atoms with Gasteiger partial charge in [-0.25, -0.2) is 0 Å². The number of ether oxygens (including phenoxy) is 1. The molecular weight excluding hydrogens is 248 g/mol. The molecule has 20 heavy (non-hydrogen) atoms. The van der Waals surface area contributed by atoms with E-state index in [1.807, 2.05) is 0 Å². The molecule has 0 bridgehead atoms. The van der Waals surface area contributed by atoms with Gasteiger partial charge >= 0.3 is 0 Å². The zero-order chi connectivity index (χ0) is 14.0. The lowest BCUT2D eigenvalue weighted by Crippen LogP contribution is -2.55. The van der Waals surface area contributed by atoms with Gasteiger partial charge in [-0.1, -0.05) is 12.8 Å². The maximum absolute atomic E-state index is 6.20. The van der Waals surface area contributed by atoms with E-state index in [9.17, 15) is 0 Å². The Hall–Kier alpha value is -0.120. The summed E-state index contributed by atoms with van der Waals surface area (Å²) < 4.78 is 5.81. The minimum absolute atomic E-state index is 0.258. The SMILES string of the molecule is CN(CCOCC1CC1)C1(CN)CCCC(C2CC2)C1. The standard InChI is InChI=1S/C17H32N2O/c1-19(9-10-20-12-14-4-5-14)17(13-18)8-2-3-16(11-17)15-6-7-15/h14-16H,2-13,18H2,1H3. The molecule has 0 aromatic rings. The molecule has 3 aliphatic carbocycles. The smallest absolute Gasteiger partial charge is 0.0593 e. The zero-order valence-electron chi connectivity index (χ0n) is 13.2. The van der Waals surface area contributed by atoms with Crippen molar-refractivity contribution in [3.8, 4) is 0 Å². The van der Waals surface area contributed by atoms with Crippen molar-refractivity contribution < 1.29 is 4.74 Å². The zero-order valence-corrected chi connectivity index (χ0v) is 13.2. The highest BCUT2D eigenvalue weighted by Gasteiger charge is 2.43. The van der Waals surface area contributed by atoms with Gasteiger partial charge in [0.05, 0.1) is 6.61 Å². The molecule has 3 fully saturated rings. The number of nitrogens with two attached hydrogens (primary N) is 1. The van der Waals surface area contributed by atoms with Crippen LogP contribution in [0.2, 0.25) is 0 Å². The lowest BCUT2D eigenvalue weighted by Gasteiger charge is -2.47. The van der Waals surface area contributed by atoms with Crippen LogP contribution >= 0.6 is 0 Å². The first-order valence-corrected chi connectivity index (χ1v) is 8.72. The normalized spacial score (nSPS) is 34.6. The van der Waals surface area contributed by atoms with Crippen LogP contribution in [-0.4, -0.2) is 43.8 Å². The van der Waals surface area contributed by atoms with Crippen LogP contribution in [0.25, 0.3) is 0 Å². The molecule has 3 nitrogen and oxygen atoms in total. The number of nitrogens with zero attached hydrogens (tertiary/aromatic N) is 1. The predicted octanol–water partition coefficient (Wildman–Crippen LogP) is 2.64. The van der Waals surface area contributed by atoms with E-state index in [1.165, 1.54) is 51.4 Å². The molecule has 2 unspecified atom stereocenters. The van der Waals surface area contributed by atoms with Gasteiger partial charge in [-0.15, -0.1) is 0 Å². The maximum Gasteiger partial charge on any atom is 0.0593 e. The quantitative estimate of drug-likeness (QED) is 0.695. The summed E-state index contributed by atoms with van der Waals surface area (Å²) in [6.07, 6.45) is 11.1. The fourth-order valence-corrected chi connectivity index (χ4v) is 4.02. The van der Waals surface area contributed by atoms with Crippen LogP contribution in [-0.2, 0) is 4.74 Å². The molecule has 3 aliphatic rings. The van der Waals surface area contributed by atoms with Crippen LogP contribution in [0.3, 0.4) is 0 Å². The minimum atomic E-state index is 0.258. The summed E-state index contributed by atoms with van der Waals surface area (Å²) in [6, 6.07) is 0. The Morgan fingerprint density at radius 2 is 1.95 bits per heavy atom. The molecule has 0 spiro atoms. The first kappa shape index (κ1) is 14.8. The van der Waals surface area contributed by atoms with Crippen molar-refractivity contribution in [2.45, 2.75) is 56.9 Å². The van der Waals surface area contributed by atoms with E-state index in [4.69, 9.17) is 10.5 Å². The minimum Gasteiger partial charge on any atom is -0.380 e. The van der Waals surface area contributed by atoms with Gasteiger partial charge in [0.15, 0.2) is 0 Å². The fourth-order valence-electron chi connectivity index (χ4n) is 4.02. The Labute approximate surface area is 124 Å². The number of likely N-dealkylation sites (N-methyl/N-ethyl adjacent to an activating group) is 1. The van der Waals surface area contributed by atoms with Gasteiger partial charge in [-0.3, -0.25) is 4.90 Å². The van der Waals surface area contributed by atoms with E-state index in [1.54, 1.807) is 0 Å². The molecule has 0 amide bonds. The van der Waals surface area contributed by atoms with Crippen LogP contribution in [0, 0.1) is 17.8 Å². The molecule has 3 saturated carbocycles. The second-order valence-corrected chi connectivity index (χ2v) is 7.56. The van der Waals surface area contributed by atoms with Crippen molar-refractivity contribution in [3.05, 3.63) is 0 Å². The topological polar surface area (TPSA) is 38.5 Å². The number of rotatable bonds is 8. The lowest BCUT2D eigenvalue weighted by molar-refractivity contribution is 0.0221. The van der Waals surface area contributed by atoms with E-state index < -0.39 is 0 Å². The molecule has 2 N–H and O–H groups in total. The largest absolute Gasteiger partial charge is 0.380 e. The fraction of sp³-hybridized carbons (Fsp3) is 1.00. The average molecular weight is 280 g/mol. The van der Waals surface area contributed by atoms with Crippen molar-refractivity contribution in [1.29, 1.82) is 0 Å². The highest BCUT2D eigenvalue weighted by atomic mass is 16.5. The molecule has 0 heterocycles. The van der Waals surface area contributed by atoms with Gasteiger partial charge in [0.25, 0.3) is 0 Å². The molecule has 116 valence electrons. The van der Waals surface area contributed by atoms with Crippen LogP contribution in [0.1, 0.15) is 51.4 Å². The average Bonchev–Trinajstić information content (AvgIpc) is 3.36. The summed E-state index contributed by atoms with van der Waals surface area (Å²) in [4.78, 5) is 2.52. The second-order valence-electron chi connectivity index (χ2n) is 7.56. The van der Waals surface area contributed by atoms with Gasteiger partial charge in [0.2, 0.25) is 0 Å². The van der Waals surface area contributed by atoms with E-state index in [-0.39, 0.29) is 5.54 Å². The summed E-state index contributed by atoms with van der Waals surface area (Å²) >= 11 is 0. The van der Waals surface area contributed by atoms with Crippen molar-refractivity contribution in [1.82, 2.24) is 4.90 Å². The molecule has 0 saturated heterocycles. The number of hydrogen-bond acceptors (Lipinski definition) is 3. The van der Waals surface area contributed by atoms with Crippen molar-refractivity contribution >= 4 is 0 Å². The van der Waals surface area contributed by atoms with Crippen LogP contribution in [0.4, 0.5) is 0 Å². The predicted molar refractivity (Wildman–Crippen MR) is 82.6 cm³/mol. The molecule has 0 radical (unpaired) electrons. The molecule has 0 aromatic heterocycles. The van der Waals surface area contributed by atoms with Gasteiger partial charge in [0.1, 0.15) is 0 Å². The summed E-state index contributed by atoms with van der Waals surface area (Å²) in [5.74, 6) is 2.85. The summed E-state index contributed by atoms with van der Waals surface area (Å²) in [5, 5.41) is 0. The first-order valence-electron chi connectivity index (χ1n) is 8.72. The van der Waals surface area contributed by atoms with Gasteiger partial charge < -0.3 is 10.5 Å². The van der Waals surface area contributed by atoms with Crippen LogP contribution in [0.15, 0.2) is 0 Å². The second kappa shape index (κ2) is 6.33. The summed E-state index contributed by atoms with van der Waals surface area (Å²) in [5.41, 5.74) is 6.46. The Bertz CT molecular complexity index is 314. The Kier molecular flexibility index (Phi) is 4.68. The molecule has 0 aromatic carbocycles. The van der Waals surface area contributed by atoms with Crippen LogP contribution < -0.4 is 5.73 Å². The van der Waals surface area contributed by atoms with Gasteiger partial charge in [-0.2, -0.15) is 0 Å². The van der Waals surface area contributed by atoms with E-state index in [0.29, 0.717) is 0 Å². The summed E-state index contributed by atoms with van der Waals surface area (Å²) in [6.45, 7) is 3.72. The molecular formula is C17H32N2O. The highest BCUT2D eigenvalue weighted by molar-refractivity contribution is 4.98. The first-order chi connectivity index (χ1) is 9.73. The summed E-state index contributed by atoms with van der Waals surface area (Å²) in [7, 11) is 2.27. The maximum atomic E-state index is 6.20. The molecule has 0 aliphatic heterocycles. The number of hydrogen-bond donors (Lipinski definition) is 1. The van der Waals surface area contributed by atoms with Crippen LogP contribution in [0.5, 0.6) is 0 Å². The monoisotopic (exact) mass is 280 g/mol. The third-order valence-corrected chi connectivity index (χ3v) is 5.96. The third kappa shape index (κ3) is 3.55. The van der Waals surface area contributed by atoms with Gasteiger partial charge in [0, 0.05) is 25.2 Å². The van der Waals surface area contributed by atoms with Crippen molar-refractivity contribution in [2.75, 3.05) is 33.4 Å². The van der Waals surface area contributed by atoms with Gasteiger partial charge in [-0.05, 0) is 63.3 Å². The Morgan fingerprint density at radius 1 is 1.15 bits per heavy atom. The lowest BCUT2D eigenvalue weighted by atomic mass is 9.73. The molecule has 2 atom stereocenters. The van der Waals surface area contributed by atoms with E-state index >= 15 is 0 Å².